The summed E-state index contributed by atoms with van der Waals surface area (Å²) in [6.07, 6.45) is 2.05. The summed E-state index contributed by atoms with van der Waals surface area (Å²) in [6.45, 7) is 0.856. The SMILES string of the molecule is O=C(NCCc1ccccc1)[C@H]1CC[C@@H](c2ccc(F)cc2)N(C(=O)Nc2ccccc2)C1. The summed E-state index contributed by atoms with van der Waals surface area (Å²) >= 11 is 0. The molecule has 2 atom stereocenters. The third-order valence-electron chi connectivity index (χ3n) is 6.05. The molecular weight excluding hydrogens is 417 g/mol. The Kier molecular flexibility index (Phi) is 7.35. The van der Waals surface area contributed by atoms with Gasteiger partial charge in [0.05, 0.1) is 12.0 Å². The van der Waals surface area contributed by atoms with E-state index in [2.05, 4.69) is 10.6 Å². The van der Waals surface area contributed by atoms with Gasteiger partial charge < -0.3 is 15.5 Å². The van der Waals surface area contributed by atoms with Gasteiger partial charge in [0.15, 0.2) is 0 Å². The van der Waals surface area contributed by atoms with E-state index in [0.717, 1.165) is 12.0 Å². The molecular formula is C27H28FN3O2. The number of halogens is 1. The van der Waals surface area contributed by atoms with Crippen molar-refractivity contribution in [3.8, 4) is 0 Å². The van der Waals surface area contributed by atoms with Gasteiger partial charge in [-0.1, -0.05) is 60.7 Å². The molecule has 0 radical (unpaired) electrons. The Balaban J connectivity index is 1.44. The van der Waals surface area contributed by atoms with Crippen LogP contribution in [0.15, 0.2) is 84.9 Å². The van der Waals surface area contributed by atoms with Gasteiger partial charge in [0, 0.05) is 18.8 Å². The highest BCUT2D eigenvalue weighted by Crippen LogP contribution is 2.34. The van der Waals surface area contributed by atoms with Crippen molar-refractivity contribution in [1.29, 1.82) is 0 Å². The van der Waals surface area contributed by atoms with Gasteiger partial charge in [0.25, 0.3) is 0 Å². The molecule has 0 bridgehead atoms. The van der Waals surface area contributed by atoms with Gasteiger partial charge in [-0.05, 0) is 54.7 Å². The van der Waals surface area contributed by atoms with Crippen LogP contribution in [0.5, 0.6) is 0 Å². The fourth-order valence-electron chi connectivity index (χ4n) is 4.28. The van der Waals surface area contributed by atoms with Gasteiger partial charge >= 0.3 is 6.03 Å². The first-order valence-electron chi connectivity index (χ1n) is 11.3. The minimum atomic E-state index is -0.314. The number of piperidine rings is 1. The van der Waals surface area contributed by atoms with Crippen LogP contribution < -0.4 is 10.6 Å². The molecule has 0 saturated carbocycles. The molecule has 3 aromatic rings. The second-order valence-corrected chi connectivity index (χ2v) is 8.32. The molecule has 2 N–H and O–H groups in total. The van der Waals surface area contributed by atoms with E-state index in [9.17, 15) is 14.0 Å². The Morgan fingerprint density at radius 3 is 2.24 bits per heavy atom. The highest BCUT2D eigenvalue weighted by atomic mass is 19.1. The van der Waals surface area contributed by atoms with Gasteiger partial charge in [-0.25, -0.2) is 9.18 Å². The standard InChI is InChI=1S/C27H28FN3O2/c28-23-14-11-21(12-15-23)25-16-13-22(26(32)29-18-17-20-7-3-1-4-8-20)19-31(25)27(33)30-24-9-5-2-6-10-24/h1-12,14-15,22,25H,13,16-19H2,(H,29,32)(H,30,33)/t22-,25-/m0/s1. The van der Waals surface area contributed by atoms with Crippen LogP contribution in [0, 0.1) is 11.7 Å². The molecule has 1 aliphatic rings. The van der Waals surface area contributed by atoms with Crippen molar-refractivity contribution in [2.45, 2.75) is 25.3 Å². The molecule has 4 rings (SSSR count). The van der Waals surface area contributed by atoms with Crippen LogP contribution >= 0.6 is 0 Å². The number of carbonyl (C=O) groups is 2. The first-order chi connectivity index (χ1) is 16.1. The molecule has 170 valence electrons. The van der Waals surface area contributed by atoms with Gasteiger partial charge in [-0.15, -0.1) is 0 Å². The highest BCUT2D eigenvalue weighted by molar-refractivity contribution is 5.90. The number of urea groups is 1. The minimum absolute atomic E-state index is 0.0407. The third kappa shape index (κ3) is 5.98. The van der Waals surface area contributed by atoms with Gasteiger partial charge in [-0.2, -0.15) is 0 Å². The average Bonchev–Trinajstić information content (AvgIpc) is 2.85. The van der Waals surface area contributed by atoms with Gasteiger partial charge in [0.1, 0.15) is 5.82 Å². The van der Waals surface area contributed by atoms with Crippen molar-refractivity contribution < 1.29 is 14.0 Å². The number of nitrogens with zero attached hydrogens (tertiary/aromatic N) is 1. The first kappa shape index (κ1) is 22.5. The Morgan fingerprint density at radius 1 is 0.879 bits per heavy atom. The van der Waals surface area contributed by atoms with Crippen LogP contribution in [0.1, 0.15) is 30.0 Å². The van der Waals surface area contributed by atoms with Gasteiger partial charge in [0.2, 0.25) is 5.91 Å². The lowest BCUT2D eigenvalue weighted by molar-refractivity contribution is -0.126. The summed E-state index contributed by atoms with van der Waals surface area (Å²) in [6, 6.07) is 25.0. The van der Waals surface area contributed by atoms with Crippen molar-refractivity contribution in [3.63, 3.8) is 0 Å². The molecule has 3 amide bonds. The minimum Gasteiger partial charge on any atom is -0.355 e. The first-order valence-corrected chi connectivity index (χ1v) is 11.3. The smallest absolute Gasteiger partial charge is 0.322 e. The van der Waals surface area contributed by atoms with E-state index in [0.29, 0.717) is 31.6 Å². The number of hydrogen-bond acceptors (Lipinski definition) is 2. The molecule has 0 aliphatic carbocycles. The molecule has 3 aromatic carbocycles. The van der Waals surface area contributed by atoms with Crippen molar-refractivity contribution >= 4 is 17.6 Å². The lowest BCUT2D eigenvalue weighted by atomic mass is 9.88. The molecule has 0 unspecified atom stereocenters. The van der Waals surface area contributed by atoms with Crippen LogP contribution in [-0.4, -0.2) is 29.9 Å². The summed E-state index contributed by atoms with van der Waals surface area (Å²) in [5.74, 6) is -0.648. The Labute approximate surface area is 193 Å². The number of likely N-dealkylation sites (tertiary alicyclic amines) is 1. The molecule has 33 heavy (non-hydrogen) atoms. The molecule has 1 saturated heterocycles. The summed E-state index contributed by atoms with van der Waals surface area (Å²) in [5, 5.41) is 5.95. The maximum absolute atomic E-state index is 13.5. The fraction of sp³-hybridized carbons (Fsp3) is 0.259. The molecule has 0 aromatic heterocycles. The predicted octanol–water partition coefficient (Wildman–Crippen LogP) is 5.17. The quantitative estimate of drug-likeness (QED) is 0.550. The molecule has 1 aliphatic heterocycles. The molecule has 0 spiro atoms. The summed E-state index contributed by atoms with van der Waals surface area (Å²) in [7, 11) is 0. The normalized spacial score (nSPS) is 17.9. The van der Waals surface area contributed by atoms with E-state index < -0.39 is 0 Å². The number of anilines is 1. The maximum Gasteiger partial charge on any atom is 0.322 e. The van der Waals surface area contributed by atoms with E-state index in [1.807, 2.05) is 60.7 Å². The Morgan fingerprint density at radius 2 is 1.55 bits per heavy atom. The van der Waals surface area contributed by atoms with Gasteiger partial charge in [-0.3, -0.25) is 4.79 Å². The monoisotopic (exact) mass is 445 g/mol. The number of carbonyl (C=O) groups excluding carboxylic acids is 2. The zero-order valence-electron chi connectivity index (χ0n) is 18.4. The molecule has 1 fully saturated rings. The fourth-order valence-corrected chi connectivity index (χ4v) is 4.28. The van der Waals surface area contributed by atoms with Crippen molar-refractivity contribution in [2.75, 3.05) is 18.4 Å². The summed E-state index contributed by atoms with van der Waals surface area (Å²) in [5.41, 5.74) is 2.72. The van der Waals surface area contributed by atoms with Crippen LogP contribution in [0.4, 0.5) is 14.9 Å². The number of nitrogens with one attached hydrogen (secondary N) is 2. The topological polar surface area (TPSA) is 61.4 Å². The molecule has 5 nitrogen and oxygen atoms in total. The third-order valence-corrected chi connectivity index (χ3v) is 6.05. The van der Waals surface area contributed by atoms with E-state index in [1.54, 1.807) is 17.0 Å². The number of para-hydroxylation sites is 1. The van der Waals surface area contributed by atoms with E-state index in [1.165, 1.54) is 17.7 Å². The average molecular weight is 446 g/mol. The number of benzene rings is 3. The van der Waals surface area contributed by atoms with Crippen molar-refractivity contribution in [3.05, 3.63) is 102 Å². The Bertz CT molecular complexity index is 1060. The molecule has 1 heterocycles. The number of hydrogen-bond donors (Lipinski definition) is 2. The van der Waals surface area contributed by atoms with Crippen LogP contribution in [0.25, 0.3) is 0 Å². The van der Waals surface area contributed by atoms with Crippen molar-refractivity contribution in [2.24, 2.45) is 5.92 Å². The highest BCUT2D eigenvalue weighted by Gasteiger charge is 2.35. The maximum atomic E-state index is 13.5. The predicted molar refractivity (Wildman–Crippen MR) is 127 cm³/mol. The van der Waals surface area contributed by atoms with E-state index in [-0.39, 0.29) is 29.7 Å². The van der Waals surface area contributed by atoms with E-state index >= 15 is 0 Å². The van der Waals surface area contributed by atoms with Crippen LogP contribution in [0.3, 0.4) is 0 Å². The zero-order valence-corrected chi connectivity index (χ0v) is 18.4. The van der Waals surface area contributed by atoms with E-state index in [4.69, 9.17) is 0 Å². The second kappa shape index (κ2) is 10.8. The lowest BCUT2D eigenvalue weighted by Gasteiger charge is -2.39. The lowest BCUT2D eigenvalue weighted by Crippen LogP contribution is -2.48. The zero-order chi connectivity index (χ0) is 23.0. The van der Waals surface area contributed by atoms with Crippen LogP contribution in [-0.2, 0) is 11.2 Å². The summed E-state index contributed by atoms with van der Waals surface area (Å²) in [4.78, 5) is 27.8. The largest absolute Gasteiger partial charge is 0.355 e. The van der Waals surface area contributed by atoms with Crippen LogP contribution in [0.2, 0.25) is 0 Å². The molecule has 6 heteroatoms. The Hall–Kier alpha value is -3.67. The summed E-state index contributed by atoms with van der Waals surface area (Å²) < 4.78 is 13.5. The number of rotatable bonds is 6. The number of amides is 3. The van der Waals surface area contributed by atoms with Crippen molar-refractivity contribution in [1.82, 2.24) is 10.2 Å². The second-order valence-electron chi connectivity index (χ2n) is 8.32.